The van der Waals surface area contributed by atoms with E-state index in [0.717, 1.165) is 18.2 Å². The fourth-order valence-electron chi connectivity index (χ4n) is 4.31. The van der Waals surface area contributed by atoms with Crippen LogP contribution in [0, 0.1) is 5.41 Å². The average Bonchev–Trinajstić information content (AvgIpc) is 3.05. The molecule has 2 heterocycles. The van der Waals surface area contributed by atoms with Crippen molar-refractivity contribution in [1.29, 1.82) is 0 Å². The van der Waals surface area contributed by atoms with Crippen LogP contribution in [-0.2, 0) is 16.0 Å². The number of hydrogen-bond donors (Lipinski definition) is 1. The largest absolute Gasteiger partial charge is 0.392 e. The van der Waals surface area contributed by atoms with Crippen molar-refractivity contribution in [1.82, 2.24) is 10.1 Å². The molecule has 0 radical (unpaired) electrons. The fraction of sp³-hybridized carbons (Fsp3) is 0.579. The molecule has 1 saturated heterocycles. The molecule has 1 aromatic heterocycles. The number of para-hydroxylation sites is 1. The highest BCUT2D eigenvalue weighted by Crippen LogP contribution is 2.50. The van der Waals surface area contributed by atoms with Crippen molar-refractivity contribution in [2.45, 2.75) is 44.8 Å². The second kappa shape index (κ2) is 6.42. The van der Waals surface area contributed by atoms with E-state index >= 15 is 0 Å². The predicted molar refractivity (Wildman–Crippen MR) is 92.0 cm³/mol. The van der Waals surface area contributed by atoms with Crippen LogP contribution in [0.25, 0.3) is 11.0 Å². The van der Waals surface area contributed by atoms with Crippen molar-refractivity contribution < 1.29 is 19.2 Å². The number of aromatic nitrogens is 1. The molecule has 1 spiro atoms. The first-order valence-electron chi connectivity index (χ1n) is 9.05. The number of aliphatic hydroxyl groups excluding tert-OH is 1. The standard InChI is InChI=1S/C19H24N2O4/c1-2-24-17-12-16(22)19(17)7-9-21(10-8-19)18(23)11-14-13-5-3-4-6-15(13)25-20-14/h3-6,16-17,22H,2,7-12H2,1H3. The van der Waals surface area contributed by atoms with Crippen LogP contribution in [0.3, 0.4) is 0 Å². The molecule has 1 N–H and O–H groups in total. The topological polar surface area (TPSA) is 75.8 Å². The lowest BCUT2D eigenvalue weighted by atomic mass is 9.58. The lowest BCUT2D eigenvalue weighted by Gasteiger charge is -2.56. The van der Waals surface area contributed by atoms with Crippen LogP contribution in [0.15, 0.2) is 28.8 Å². The lowest BCUT2D eigenvalue weighted by Crippen LogP contribution is -2.62. The summed E-state index contributed by atoms with van der Waals surface area (Å²) in [5.41, 5.74) is 1.24. The van der Waals surface area contributed by atoms with Crippen LogP contribution in [-0.4, -0.2) is 53.0 Å². The summed E-state index contributed by atoms with van der Waals surface area (Å²) >= 11 is 0. The summed E-state index contributed by atoms with van der Waals surface area (Å²) in [5.74, 6) is 0.0654. The number of nitrogens with zero attached hydrogens (tertiary/aromatic N) is 2. The van der Waals surface area contributed by atoms with Crippen molar-refractivity contribution in [3.05, 3.63) is 30.0 Å². The van der Waals surface area contributed by atoms with Crippen molar-refractivity contribution >= 4 is 16.9 Å². The van der Waals surface area contributed by atoms with E-state index in [9.17, 15) is 9.90 Å². The van der Waals surface area contributed by atoms with Crippen LogP contribution < -0.4 is 0 Å². The molecule has 134 valence electrons. The molecule has 2 unspecified atom stereocenters. The first-order valence-corrected chi connectivity index (χ1v) is 9.05. The number of aliphatic hydroxyl groups is 1. The van der Waals surface area contributed by atoms with E-state index in [2.05, 4.69) is 5.16 Å². The predicted octanol–water partition coefficient (Wildman–Crippen LogP) is 2.15. The molecule has 2 atom stereocenters. The highest BCUT2D eigenvalue weighted by atomic mass is 16.5. The Morgan fingerprint density at radius 3 is 2.88 bits per heavy atom. The number of ether oxygens (including phenoxy) is 1. The zero-order chi connectivity index (χ0) is 17.4. The van der Waals surface area contributed by atoms with E-state index in [1.165, 1.54) is 0 Å². The Kier molecular flexibility index (Phi) is 4.25. The first-order chi connectivity index (χ1) is 12.1. The van der Waals surface area contributed by atoms with Crippen LogP contribution in [0.1, 0.15) is 31.9 Å². The van der Waals surface area contributed by atoms with Crippen LogP contribution in [0.5, 0.6) is 0 Å². The molecule has 1 aromatic carbocycles. The van der Waals surface area contributed by atoms with Crippen molar-refractivity contribution in [3.8, 4) is 0 Å². The zero-order valence-electron chi connectivity index (χ0n) is 14.5. The molecule has 25 heavy (non-hydrogen) atoms. The van der Waals surface area contributed by atoms with Gasteiger partial charge in [0.1, 0.15) is 5.69 Å². The Balaban J connectivity index is 1.40. The second-order valence-corrected chi connectivity index (χ2v) is 7.11. The molecule has 0 bridgehead atoms. The van der Waals surface area contributed by atoms with E-state index in [1.54, 1.807) is 0 Å². The number of carbonyl (C=O) groups is 1. The summed E-state index contributed by atoms with van der Waals surface area (Å²) in [6, 6.07) is 7.59. The van der Waals surface area contributed by atoms with Gasteiger partial charge in [-0.2, -0.15) is 0 Å². The minimum absolute atomic E-state index is 0.0654. The number of hydrogen-bond acceptors (Lipinski definition) is 5. The number of fused-ring (bicyclic) bond motifs is 1. The average molecular weight is 344 g/mol. The monoisotopic (exact) mass is 344 g/mol. The molecule has 6 nitrogen and oxygen atoms in total. The Bertz CT molecular complexity index is 762. The molecule has 2 aliphatic rings. The fourth-order valence-corrected chi connectivity index (χ4v) is 4.31. The maximum absolute atomic E-state index is 12.7. The number of piperidine rings is 1. The minimum Gasteiger partial charge on any atom is -0.392 e. The summed E-state index contributed by atoms with van der Waals surface area (Å²) in [6.45, 7) is 3.98. The van der Waals surface area contributed by atoms with Gasteiger partial charge in [0, 0.05) is 36.9 Å². The van der Waals surface area contributed by atoms with E-state index in [0.29, 0.717) is 37.4 Å². The molecular formula is C19H24N2O4. The van der Waals surface area contributed by atoms with Gasteiger partial charge in [-0.25, -0.2) is 0 Å². The molecule has 1 aliphatic heterocycles. The quantitative estimate of drug-likeness (QED) is 0.920. The van der Waals surface area contributed by atoms with Gasteiger partial charge in [-0.3, -0.25) is 4.79 Å². The summed E-state index contributed by atoms with van der Waals surface area (Å²) < 4.78 is 11.1. The molecule has 2 aromatic rings. The Hall–Kier alpha value is -1.92. The molecule has 2 fully saturated rings. The second-order valence-electron chi connectivity index (χ2n) is 7.11. The number of rotatable bonds is 4. The smallest absolute Gasteiger partial charge is 0.228 e. The van der Waals surface area contributed by atoms with Gasteiger partial charge in [-0.05, 0) is 31.9 Å². The van der Waals surface area contributed by atoms with E-state index in [-0.39, 0.29) is 30.0 Å². The van der Waals surface area contributed by atoms with Crippen LogP contribution >= 0.6 is 0 Å². The van der Waals surface area contributed by atoms with Gasteiger partial charge in [0.2, 0.25) is 5.91 Å². The SMILES string of the molecule is CCOC1CC(O)C12CCN(C(=O)Cc1noc3ccccc13)CC2. The molecule has 6 heteroatoms. The maximum Gasteiger partial charge on any atom is 0.228 e. The minimum atomic E-state index is -0.305. The third-order valence-corrected chi connectivity index (χ3v) is 5.93. The summed E-state index contributed by atoms with van der Waals surface area (Å²) in [4.78, 5) is 14.5. The summed E-state index contributed by atoms with van der Waals surface area (Å²) in [5, 5.41) is 15.2. The van der Waals surface area contributed by atoms with Gasteiger partial charge in [-0.15, -0.1) is 0 Å². The van der Waals surface area contributed by atoms with Gasteiger partial charge in [0.05, 0.1) is 18.6 Å². The summed E-state index contributed by atoms with van der Waals surface area (Å²) in [7, 11) is 0. The summed E-state index contributed by atoms with van der Waals surface area (Å²) in [6.07, 6.45) is 2.38. The highest BCUT2D eigenvalue weighted by molar-refractivity contribution is 5.86. The highest BCUT2D eigenvalue weighted by Gasteiger charge is 2.56. The normalized spacial score (nSPS) is 25.3. The van der Waals surface area contributed by atoms with Crippen molar-refractivity contribution in [3.63, 3.8) is 0 Å². The molecule has 1 saturated carbocycles. The third-order valence-electron chi connectivity index (χ3n) is 5.93. The van der Waals surface area contributed by atoms with Crippen molar-refractivity contribution in [2.75, 3.05) is 19.7 Å². The van der Waals surface area contributed by atoms with Crippen LogP contribution in [0.2, 0.25) is 0 Å². The van der Waals surface area contributed by atoms with E-state index in [4.69, 9.17) is 9.26 Å². The van der Waals surface area contributed by atoms with Gasteiger partial charge < -0.3 is 19.3 Å². The Labute approximate surface area is 146 Å². The van der Waals surface area contributed by atoms with Gasteiger partial charge >= 0.3 is 0 Å². The Morgan fingerprint density at radius 2 is 2.16 bits per heavy atom. The van der Waals surface area contributed by atoms with Gasteiger partial charge in [0.25, 0.3) is 0 Å². The third kappa shape index (κ3) is 2.73. The van der Waals surface area contributed by atoms with Crippen LogP contribution in [0.4, 0.5) is 0 Å². The molecule has 1 amide bonds. The molecular weight excluding hydrogens is 320 g/mol. The maximum atomic E-state index is 12.7. The zero-order valence-corrected chi connectivity index (χ0v) is 14.5. The van der Waals surface area contributed by atoms with Gasteiger partial charge in [-0.1, -0.05) is 17.3 Å². The number of likely N-dealkylation sites (tertiary alicyclic amines) is 1. The van der Waals surface area contributed by atoms with E-state index in [1.807, 2.05) is 36.1 Å². The number of amides is 1. The lowest BCUT2D eigenvalue weighted by molar-refractivity contribution is -0.210. The van der Waals surface area contributed by atoms with E-state index < -0.39 is 0 Å². The molecule has 1 aliphatic carbocycles. The first kappa shape index (κ1) is 16.5. The number of carbonyl (C=O) groups excluding carboxylic acids is 1. The van der Waals surface area contributed by atoms with Crippen molar-refractivity contribution in [2.24, 2.45) is 5.41 Å². The Morgan fingerprint density at radius 1 is 1.40 bits per heavy atom. The van der Waals surface area contributed by atoms with Gasteiger partial charge in [0.15, 0.2) is 5.58 Å². The number of benzene rings is 1. The molecule has 4 rings (SSSR count).